The zero-order valence-corrected chi connectivity index (χ0v) is 11.4. The predicted octanol–water partition coefficient (Wildman–Crippen LogP) is 1.07. The number of nitrogens with two attached hydrogens (primary N) is 1. The van der Waals surface area contributed by atoms with E-state index in [9.17, 15) is 0 Å². The average Bonchev–Trinajstić information content (AvgIpc) is 2.83. The predicted molar refractivity (Wildman–Crippen MR) is 74.8 cm³/mol. The average molecular weight is 259 g/mol. The zero-order valence-electron chi connectivity index (χ0n) is 11.4. The number of hydrogen-bond donors (Lipinski definition) is 1. The van der Waals surface area contributed by atoms with Crippen LogP contribution in [0.3, 0.4) is 0 Å². The first-order valence-corrected chi connectivity index (χ1v) is 6.98. The van der Waals surface area contributed by atoms with Crippen LogP contribution in [0.25, 0.3) is 5.65 Å². The molecule has 0 aromatic carbocycles. The van der Waals surface area contributed by atoms with Crippen molar-refractivity contribution in [3.8, 4) is 0 Å². The minimum Gasteiger partial charge on any atom is -0.325 e. The van der Waals surface area contributed by atoms with Gasteiger partial charge in [-0.05, 0) is 51.0 Å². The van der Waals surface area contributed by atoms with Crippen LogP contribution < -0.4 is 5.73 Å². The largest absolute Gasteiger partial charge is 0.325 e. The number of rotatable bonds is 3. The third-order valence-electron chi connectivity index (χ3n) is 4.00. The van der Waals surface area contributed by atoms with Gasteiger partial charge in [-0.2, -0.15) is 5.10 Å². The molecule has 0 aliphatic carbocycles. The van der Waals surface area contributed by atoms with Crippen molar-refractivity contribution < 1.29 is 0 Å². The van der Waals surface area contributed by atoms with E-state index < -0.39 is 0 Å². The Labute approximate surface area is 113 Å². The molecule has 1 aliphatic heterocycles. The Morgan fingerprint density at radius 1 is 1.32 bits per heavy atom. The second-order valence-electron chi connectivity index (χ2n) is 5.47. The summed E-state index contributed by atoms with van der Waals surface area (Å²) in [6, 6.07) is 5.98. The Morgan fingerprint density at radius 3 is 2.84 bits per heavy atom. The summed E-state index contributed by atoms with van der Waals surface area (Å²) in [4.78, 5) is 7.01. The molecule has 3 heterocycles. The molecule has 0 radical (unpaired) electrons. The minimum absolute atomic E-state index is 0.494. The van der Waals surface area contributed by atoms with Gasteiger partial charge in [-0.3, -0.25) is 0 Å². The van der Waals surface area contributed by atoms with E-state index in [1.54, 1.807) is 0 Å². The highest BCUT2D eigenvalue weighted by molar-refractivity contribution is 5.38. The van der Waals surface area contributed by atoms with Crippen LogP contribution >= 0.6 is 0 Å². The molecule has 19 heavy (non-hydrogen) atoms. The number of piperidine rings is 1. The maximum atomic E-state index is 5.73. The molecule has 1 saturated heterocycles. The lowest BCUT2D eigenvalue weighted by molar-refractivity contribution is 0.217. The number of fused-ring (bicyclic) bond motifs is 1. The molecule has 0 spiro atoms. The van der Waals surface area contributed by atoms with E-state index in [1.165, 1.54) is 25.9 Å². The van der Waals surface area contributed by atoms with Crippen molar-refractivity contribution in [3.05, 3.63) is 29.7 Å². The summed E-state index contributed by atoms with van der Waals surface area (Å²) in [5.74, 6) is 1.67. The molecular weight excluding hydrogens is 238 g/mol. The molecular formula is C14H21N5. The van der Waals surface area contributed by atoms with Crippen LogP contribution in [0.5, 0.6) is 0 Å². The van der Waals surface area contributed by atoms with Crippen LogP contribution in [-0.4, -0.2) is 39.6 Å². The first-order valence-electron chi connectivity index (χ1n) is 6.98. The number of hydrogen-bond acceptors (Lipinski definition) is 4. The lowest BCUT2D eigenvalue weighted by Gasteiger charge is -2.28. The fourth-order valence-corrected chi connectivity index (χ4v) is 2.77. The molecule has 0 saturated carbocycles. The van der Waals surface area contributed by atoms with Crippen LogP contribution in [0, 0.1) is 5.92 Å². The standard InChI is InChI=1S/C14H21N5/c1-18-7-5-11(6-8-18)9-13-16-14-4-2-3-12(10-15)19(14)17-13/h2-4,11H,5-10,15H2,1H3. The van der Waals surface area contributed by atoms with Crippen molar-refractivity contribution in [2.75, 3.05) is 20.1 Å². The van der Waals surface area contributed by atoms with E-state index in [-0.39, 0.29) is 0 Å². The summed E-state index contributed by atoms with van der Waals surface area (Å²) >= 11 is 0. The molecule has 0 unspecified atom stereocenters. The Morgan fingerprint density at radius 2 is 2.11 bits per heavy atom. The first kappa shape index (κ1) is 12.6. The maximum Gasteiger partial charge on any atom is 0.155 e. The Balaban J connectivity index is 1.78. The van der Waals surface area contributed by atoms with Crippen molar-refractivity contribution in [1.29, 1.82) is 0 Å². The van der Waals surface area contributed by atoms with E-state index in [0.29, 0.717) is 6.54 Å². The van der Waals surface area contributed by atoms with Crippen LogP contribution in [0.2, 0.25) is 0 Å². The van der Waals surface area contributed by atoms with Crippen molar-refractivity contribution in [3.63, 3.8) is 0 Å². The summed E-state index contributed by atoms with van der Waals surface area (Å²) in [6.45, 7) is 2.87. The number of aromatic nitrogens is 3. The maximum absolute atomic E-state index is 5.73. The zero-order chi connectivity index (χ0) is 13.2. The van der Waals surface area contributed by atoms with Gasteiger partial charge in [0.05, 0.1) is 5.69 Å². The van der Waals surface area contributed by atoms with E-state index in [2.05, 4.69) is 22.0 Å². The van der Waals surface area contributed by atoms with Crippen LogP contribution in [0.1, 0.15) is 24.4 Å². The van der Waals surface area contributed by atoms with E-state index in [1.807, 2.05) is 22.7 Å². The fourth-order valence-electron chi connectivity index (χ4n) is 2.77. The van der Waals surface area contributed by atoms with E-state index >= 15 is 0 Å². The van der Waals surface area contributed by atoms with Gasteiger partial charge in [0, 0.05) is 13.0 Å². The molecule has 5 nitrogen and oxygen atoms in total. The second-order valence-corrected chi connectivity index (χ2v) is 5.47. The first-order chi connectivity index (χ1) is 9.26. The highest BCUT2D eigenvalue weighted by Crippen LogP contribution is 2.20. The number of likely N-dealkylation sites (tertiary alicyclic amines) is 1. The van der Waals surface area contributed by atoms with Crippen molar-refractivity contribution >= 4 is 5.65 Å². The molecule has 1 aliphatic rings. The molecule has 2 N–H and O–H groups in total. The van der Waals surface area contributed by atoms with Gasteiger partial charge in [0.2, 0.25) is 0 Å². The van der Waals surface area contributed by atoms with Crippen LogP contribution in [-0.2, 0) is 13.0 Å². The lowest BCUT2D eigenvalue weighted by Crippen LogP contribution is -2.31. The summed E-state index contributed by atoms with van der Waals surface area (Å²) in [6.07, 6.45) is 3.48. The van der Waals surface area contributed by atoms with E-state index in [0.717, 1.165) is 29.5 Å². The molecule has 2 aromatic rings. The van der Waals surface area contributed by atoms with Crippen molar-refractivity contribution in [2.45, 2.75) is 25.8 Å². The molecule has 0 bridgehead atoms. The second kappa shape index (κ2) is 5.27. The molecule has 102 valence electrons. The van der Waals surface area contributed by atoms with Gasteiger partial charge >= 0.3 is 0 Å². The van der Waals surface area contributed by atoms with Gasteiger partial charge in [0.15, 0.2) is 11.5 Å². The minimum atomic E-state index is 0.494. The van der Waals surface area contributed by atoms with Crippen molar-refractivity contribution in [2.24, 2.45) is 11.7 Å². The van der Waals surface area contributed by atoms with Crippen molar-refractivity contribution in [1.82, 2.24) is 19.5 Å². The molecule has 5 heteroatoms. The SMILES string of the molecule is CN1CCC(Cc2nc3cccc(CN)n3n2)CC1. The van der Waals surface area contributed by atoms with Gasteiger partial charge in [-0.1, -0.05) is 6.07 Å². The fraction of sp³-hybridized carbons (Fsp3) is 0.571. The Hall–Kier alpha value is -1.46. The molecule has 1 fully saturated rings. The highest BCUT2D eigenvalue weighted by atomic mass is 15.3. The quantitative estimate of drug-likeness (QED) is 0.896. The monoisotopic (exact) mass is 259 g/mol. The molecule has 3 rings (SSSR count). The third kappa shape index (κ3) is 2.62. The van der Waals surface area contributed by atoms with Crippen LogP contribution in [0.15, 0.2) is 18.2 Å². The Kier molecular flexibility index (Phi) is 3.48. The van der Waals surface area contributed by atoms with Gasteiger partial charge < -0.3 is 10.6 Å². The van der Waals surface area contributed by atoms with E-state index in [4.69, 9.17) is 5.73 Å². The van der Waals surface area contributed by atoms with Gasteiger partial charge in [0.25, 0.3) is 0 Å². The summed E-state index contributed by atoms with van der Waals surface area (Å²) in [5.41, 5.74) is 7.65. The van der Waals surface area contributed by atoms with Gasteiger partial charge in [-0.15, -0.1) is 0 Å². The normalized spacial score (nSPS) is 18.2. The summed E-state index contributed by atoms with van der Waals surface area (Å²) < 4.78 is 1.88. The molecule has 2 aromatic heterocycles. The summed E-state index contributed by atoms with van der Waals surface area (Å²) in [5, 5.41) is 4.61. The third-order valence-corrected chi connectivity index (χ3v) is 4.00. The van der Waals surface area contributed by atoms with Crippen LogP contribution in [0.4, 0.5) is 0 Å². The number of pyridine rings is 1. The Bertz CT molecular complexity index is 554. The lowest BCUT2D eigenvalue weighted by atomic mass is 9.94. The smallest absolute Gasteiger partial charge is 0.155 e. The molecule has 0 amide bonds. The summed E-state index contributed by atoms with van der Waals surface area (Å²) in [7, 11) is 2.19. The van der Waals surface area contributed by atoms with Gasteiger partial charge in [0.1, 0.15) is 0 Å². The number of nitrogens with zero attached hydrogens (tertiary/aromatic N) is 4. The van der Waals surface area contributed by atoms with Gasteiger partial charge in [-0.25, -0.2) is 9.50 Å². The highest BCUT2D eigenvalue weighted by Gasteiger charge is 2.19. The molecule has 0 atom stereocenters. The topological polar surface area (TPSA) is 59.5 Å².